The van der Waals surface area contributed by atoms with Gasteiger partial charge in [0, 0.05) is 23.1 Å². The molecule has 0 aliphatic carbocycles. The topological polar surface area (TPSA) is 51.0 Å². The van der Waals surface area contributed by atoms with E-state index in [1.165, 1.54) is 17.8 Å². The van der Waals surface area contributed by atoms with Gasteiger partial charge >= 0.3 is 0 Å². The number of hydrogen-bond acceptors (Lipinski definition) is 4. The minimum Gasteiger partial charge on any atom is -0.334 e. The van der Waals surface area contributed by atoms with Gasteiger partial charge in [-0.25, -0.2) is 4.39 Å². The van der Waals surface area contributed by atoms with Gasteiger partial charge in [0.2, 0.25) is 5.91 Å². The van der Waals surface area contributed by atoms with Crippen LogP contribution in [0.15, 0.2) is 70.8 Å². The van der Waals surface area contributed by atoms with E-state index in [-0.39, 0.29) is 24.0 Å². The zero-order valence-corrected chi connectivity index (χ0v) is 19.0. The summed E-state index contributed by atoms with van der Waals surface area (Å²) in [5, 5.41) is 9.05. The molecule has 1 amide bonds. The standard InChI is InChI=1S/C22H22BrFN4OS/c1-3-11-27(14-18-12-19(23)9-10-20(18)24)21(29)15-30-22-26-25-16(2)28(22)13-17-7-5-4-6-8-17/h3-10,12H,1,11,13-15H2,2H3. The zero-order chi connectivity index (χ0) is 21.5. The van der Waals surface area contributed by atoms with E-state index in [2.05, 4.69) is 32.7 Å². The zero-order valence-electron chi connectivity index (χ0n) is 16.6. The SMILES string of the molecule is C=CCN(Cc1cc(Br)ccc1F)C(=O)CSc1nnc(C)n1Cc1ccccc1. The smallest absolute Gasteiger partial charge is 0.233 e. The van der Waals surface area contributed by atoms with Crippen LogP contribution in [0.1, 0.15) is 17.0 Å². The second-order valence-electron chi connectivity index (χ2n) is 6.69. The average molecular weight is 489 g/mol. The van der Waals surface area contributed by atoms with Gasteiger partial charge in [-0.05, 0) is 30.7 Å². The third-order valence-corrected chi connectivity index (χ3v) is 5.93. The Kier molecular flexibility index (Phi) is 7.81. The van der Waals surface area contributed by atoms with Crippen LogP contribution in [-0.4, -0.2) is 37.9 Å². The highest BCUT2D eigenvalue weighted by atomic mass is 79.9. The van der Waals surface area contributed by atoms with E-state index in [1.807, 2.05) is 41.8 Å². The van der Waals surface area contributed by atoms with Crippen LogP contribution < -0.4 is 0 Å². The minimum absolute atomic E-state index is 0.119. The van der Waals surface area contributed by atoms with E-state index in [0.717, 1.165) is 15.9 Å². The summed E-state index contributed by atoms with van der Waals surface area (Å²) < 4.78 is 16.9. The van der Waals surface area contributed by atoms with Gasteiger partial charge in [0.05, 0.1) is 12.3 Å². The quantitative estimate of drug-likeness (QED) is 0.319. The van der Waals surface area contributed by atoms with Crippen molar-refractivity contribution in [1.82, 2.24) is 19.7 Å². The van der Waals surface area contributed by atoms with E-state index < -0.39 is 0 Å². The van der Waals surface area contributed by atoms with Crippen molar-refractivity contribution < 1.29 is 9.18 Å². The average Bonchev–Trinajstić information content (AvgIpc) is 3.08. The lowest BCUT2D eigenvalue weighted by Crippen LogP contribution is -2.32. The van der Waals surface area contributed by atoms with Crippen LogP contribution in [-0.2, 0) is 17.9 Å². The van der Waals surface area contributed by atoms with Crippen molar-refractivity contribution in [3.8, 4) is 0 Å². The van der Waals surface area contributed by atoms with Gasteiger partial charge < -0.3 is 9.47 Å². The van der Waals surface area contributed by atoms with Gasteiger partial charge in [0.25, 0.3) is 0 Å². The number of carbonyl (C=O) groups excluding carboxylic acids is 1. The summed E-state index contributed by atoms with van der Waals surface area (Å²) in [4.78, 5) is 14.4. The van der Waals surface area contributed by atoms with Crippen LogP contribution in [0, 0.1) is 12.7 Å². The number of aromatic nitrogens is 3. The van der Waals surface area contributed by atoms with E-state index in [4.69, 9.17) is 0 Å². The Hall–Kier alpha value is -2.45. The van der Waals surface area contributed by atoms with Gasteiger partial charge in [0.1, 0.15) is 11.6 Å². The van der Waals surface area contributed by atoms with Gasteiger partial charge in [-0.15, -0.1) is 16.8 Å². The first-order valence-electron chi connectivity index (χ1n) is 9.37. The molecule has 0 unspecified atom stereocenters. The Balaban J connectivity index is 1.69. The van der Waals surface area contributed by atoms with Gasteiger partial charge in [-0.1, -0.05) is 64.1 Å². The number of halogens is 2. The van der Waals surface area contributed by atoms with Crippen LogP contribution in [0.25, 0.3) is 0 Å². The fourth-order valence-corrected chi connectivity index (χ4v) is 4.21. The minimum atomic E-state index is -0.342. The molecule has 5 nitrogen and oxygen atoms in total. The molecule has 3 aromatic rings. The number of hydrogen-bond donors (Lipinski definition) is 0. The lowest BCUT2D eigenvalue weighted by atomic mass is 10.2. The van der Waals surface area contributed by atoms with E-state index in [1.54, 1.807) is 23.1 Å². The molecular formula is C22H22BrFN4OS. The van der Waals surface area contributed by atoms with Crippen LogP contribution in [0.3, 0.4) is 0 Å². The summed E-state index contributed by atoms with van der Waals surface area (Å²) >= 11 is 4.68. The maximum atomic E-state index is 14.1. The van der Waals surface area contributed by atoms with Crippen LogP contribution in [0.5, 0.6) is 0 Å². The lowest BCUT2D eigenvalue weighted by Gasteiger charge is -2.21. The number of rotatable bonds is 9. The first-order valence-corrected chi connectivity index (χ1v) is 11.1. The molecule has 1 aromatic heterocycles. The number of nitrogens with zero attached hydrogens (tertiary/aromatic N) is 4. The molecule has 0 N–H and O–H groups in total. The number of thioether (sulfide) groups is 1. The van der Waals surface area contributed by atoms with Crippen molar-refractivity contribution in [1.29, 1.82) is 0 Å². The number of aryl methyl sites for hydroxylation is 1. The van der Waals surface area contributed by atoms with Crippen LogP contribution in [0.2, 0.25) is 0 Å². The summed E-state index contributed by atoms with van der Waals surface area (Å²) in [6.45, 7) is 6.75. The van der Waals surface area contributed by atoms with Crippen molar-refractivity contribution >= 4 is 33.6 Å². The van der Waals surface area contributed by atoms with Crippen molar-refractivity contribution in [3.63, 3.8) is 0 Å². The summed E-state index contributed by atoms with van der Waals surface area (Å²) in [7, 11) is 0. The number of amides is 1. The first kappa shape index (κ1) is 22.2. The Morgan fingerprint density at radius 2 is 2.03 bits per heavy atom. The van der Waals surface area contributed by atoms with Crippen LogP contribution in [0.4, 0.5) is 4.39 Å². The Morgan fingerprint density at radius 3 is 2.77 bits per heavy atom. The van der Waals surface area contributed by atoms with Crippen molar-refractivity contribution in [2.45, 2.75) is 25.2 Å². The molecule has 1 heterocycles. The molecule has 0 spiro atoms. The van der Waals surface area contributed by atoms with E-state index in [0.29, 0.717) is 23.8 Å². The maximum Gasteiger partial charge on any atom is 0.233 e. The predicted molar refractivity (Wildman–Crippen MR) is 121 cm³/mol. The molecule has 0 radical (unpaired) electrons. The third kappa shape index (κ3) is 5.79. The summed E-state index contributed by atoms with van der Waals surface area (Å²) in [5.74, 6) is 0.501. The molecule has 8 heteroatoms. The largest absolute Gasteiger partial charge is 0.334 e. The third-order valence-electron chi connectivity index (χ3n) is 4.48. The molecule has 0 atom stereocenters. The molecule has 30 heavy (non-hydrogen) atoms. The summed E-state index contributed by atoms with van der Waals surface area (Å²) in [5.41, 5.74) is 1.58. The highest BCUT2D eigenvalue weighted by Gasteiger charge is 2.18. The Labute approximate surface area is 188 Å². The molecule has 0 saturated heterocycles. The second-order valence-corrected chi connectivity index (χ2v) is 8.55. The maximum absolute atomic E-state index is 14.1. The van der Waals surface area contributed by atoms with Crippen molar-refractivity contribution in [2.24, 2.45) is 0 Å². The monoisotopic (exact) mass is 488 g/mol. The lowest BCUT2D eigenvalue weighted by molar-refractivity contribution is -0.128. The summed E-state index contributed by atoms with van der Waals surface area (Å²) in [6, 6.07) is 14.7. The summed E-state index contributed by atoms with van der Waals surface area (Å²) in [6.07, 6.45) is 1.64. The molecule has 0 aliphatic heterocycles. The van der Waals surface area contributed by atoms with Gasteiger partial charge in [-0.3, -0.25) is 4.79 Å². The van der Waals surface area contributed by atoms with E-state index >= 15 is 0 Å². The molecule has 0 bridgehead atoms. The Morgan fingerprint density at radius 1 is 1.27 bits per heavy atom. The first-order chi connectivity index (χ1) is 14.5. The molecule has 0 saturated carbocycles. The normalized spacial score (nSPS) is 10.8. The Bertz CT molecular complexity index is 1030. The van der Waals surface area contributed by atoms with Gasteiger partial charge in [-0.2, -0.15) is 0 Å². The molecule has 3 rings (SSSR count). The number of benzene rings is 2. The molecule has 0 aliphatic rings. The molecule has 2 aromatic carbocycles. The van der Waals surface area contributed by atoms with Crippen LogP contribution >= 0.6 is 27.7 Å². The number of carbonyl (C=O) groups is 1. The highest BCUT2D eigenvalue weighted by molar-refractivity contribution is 9.10. The fourth-order valence-electron chi connectivity index (χ4n) is 2.91. The van der Waals surface area contributed by atoms with E-state index in [9.17, 15) is 9.18 Å². The van der Waals surface area contributed by atoms with Gasteiger partial charge in [0.15, 0.2) is 5.16 Å². The van der Waals surface area contributed by atoms with Crippen molar-refractivity contribution in [3.05, 3.63) is 88.4 Å². The predicted octanol–water partition coefficient (Wildman–Crippen LogP) is 4.84. The molecular weight excluding hydrogens is 467 g/mol. The molecule has 0 fully saturated rings. The highest BCUT2D eigenvalue weighted by Crippen LogP contribution is 2.21. The molecule has 156 valence electrons. The fraction of sp³-hybridized carbons (Fsp3) is 0.227. The second kappa shape index (κ2) is 10.5. The van der Waals surface area contributed by atoms with Crippen molar-refractivity contribution in [2.75, 3.05) is 12.3 Å².